The van der Waals surface area contributed by atoms with E-state index < -0.39 is 0 Å². The van der Waals surface area contributed by atoms with E-state index in [1.54, 1.807) is 23.8 Å². The highest BCUT2D eigenvalue weighted by Gasteiger charge is 2.06. The quantitative estimate of drug-likeness (QED) is 0.842. The van der Waals surface area contributed by atoms with Gasteiger partial charge in [0.1, 0.15) is 17.4 Å². The van der Waals surface area contributed by atoms with Gasteiger partial charge in [-0.15, -0.1) is 0 Å². The van der Waals surface area contributed by atoms with Gasteiger partial charge in [0.15, 0.2) is 0 Å². The van der Waals surface area contributed by atoms with E-state index in [0.29, 0.717) is 6.54 Å². The van der Waals surface area contributed by atoms with E-state index >= 15 is 0 Å². The monoisotopic (exact) mass is 254 g/mol. The van der Waals surface area contributed by atoms with Crippen LogP contribution >= 0.6 is 0 Å². The zero-order valence-corrected chi connectivity index (χ0v) is 10.9. The molecule has 0 spiro atoms. The summed E-state index contributed by atoms with van der Waals surface area (Å²) >= 11 is 0. The van der Waals surface area contributed by atoms with Crippen LogP contribution in [0, 0.1) is 18.3 Å². The first kappa shape index (κ1) is 12.9. The molecule has 0 aliphatic rings. The van der Waals surface area contributed by atoms with Crippen molar-refractivity contribution in [3.63, 3.8) is 0 Å². The number of nitriles is 1. The fourth-order valence-electron chi connectivity index (χ4n) is 1.87. The maximum absolute atomic E-state index is 12.1. The molecule has 2 aromatic rings. The predicted molar refractivity (Wildman–Crippen MR) is 72.3 cm³/mol. The molecule has 0 unspecified atom stereocenters. The Labute approximate surface area is 111 Å². The average molecular weight is 254 g/mol. The van der Waals surface area contributed by atoms with Crippen molar-refractivity contribution < 1.29 is 4.74 Å². The van der Waals surface area contributed by atoms with E-state index in [0.717, 1.165) is 17.0 Å². The van der Waals surface area contributed by atoms with E-state index in [-0.39, 0.29) is 11.1 Å². The summed E-state index contributed by atoms with van der Waals surface area (Å²) in [6.07, 6.45) is 0. The molecule has 0 N–H and O–H groups in total. The highest BCUT2D eigenvalue weighted by Crippen LogP contribution is 2.12. The minimum Gasteiger partial charge on any atom is -0.497 e. The molecule has 0 aliphatic heterocycles. The van der Waals surface area contributed by atoms with Gasteiger partial charge in [0.25, 0.3) is 5.56 Å². The Morgan fingerprint density at radius 3 is 2.47 bits per heavy atom. The Morgan fingerprint density at radius 1 is 1.21 bits per heavy atom. The second-order valence-electron chi connectivity index (χ2n) is 4.24. The number of methoxy groups -OCH3 is 1. The zero-order chi connectivity index (χ0) is 13.8. The van der Waals surface area contributed by atoms with Gasteiger partial charge in [-0.3, -0.25) is 4.79 Å². The molecule has 0 saturated carbocycles. The molecule has 0 atom stereocenters. The molecular weight excluding hydrogens is 240 g/mol. The number of benzene rings is 1. The maximum atomic E-state index is 12.1. The predicted octanol–water partition coefficient (Wildman–Crippen LogP) is 2.09. The molecule has 4 heteroatoms. The standard InChI is InChI=1S/C15H14N2O2/c1-11-3-6-13(9-16)15(18)17(11)10-12-4-7-14(19-2)8-5-12/h3-8H,10H2,1-2H3. The van der Waals surface area contributed by atoms with Crippen LogP contribution in [0.5, 0.6) is 5.75 Å². The van der Waals surface area contributed by atoms with Crippen LogP contribution < -0.4 is 10.3 Å². The molecule has 0 amide bonds. The lowest BCUT2D eigenvalue weighted by Crippen LogP contribution is -2.24. The van der Waals surface area contributed by atoms with Crippen LogP contribution in [0.4, 0.5) is 0 Å². The molecular formula is C15H14N2O2. The molecule has 4 nitrogen and oxygen atoms in total. The molecule has 96 valence electrons. The van der Waals surface area contributed by atoms with Crippen molar-refractivity contribution in [1.29, 1.82) is 5.26 Å². The van der Waals surface area contributed by atoms with Gasteiger partial charge in [-0.25, -0.2) is 0 Å². The van der Waals surface area contributed by atoms with E-state index in [2.05, 4.69) is 0 Å². The van der Waals surface area contributed by atoms with Gasteiger partial charge in [0.05, 0.1) is 13.7 Å². The van der Waals surface area contributed by atoms with Crippen molar-refractivity contribution in [1.82, 2.24) is 4.57 Å². The first-order valence-corrected chi connectivity index (χ1v) is 5.89. The first-order chi connectivity index (χ1) is 9.15. The highest BCUT2D eigenvalue weighted by atomic mass is 16.5. The summed E-state index contributed by atoms with van der Waals surface area (Å²) < 4.78 is 6.69. The van der Waals surface area contributed by atoms with Gasteiger partial charge in [-0.05, 0) is 36.8 Å². The number of hydrogen-bond acceptors (Lipinski definition) is 3. The molecule has 1 aromatic carbocycles. The number of ether oxygens (including phenoxy) is 1. The van der Waals surface area contributed by atoms with Crippen LogP contribution in [0.15, 0.2) is 41.2 Å². The molecule has 0 bridgehead atoms. The fourth-order valence-corrected chi connectivity index (χ4v) is 1.87. The van der Waals surface area contributed by atoms with Crippen LogP contribution in [0.25, 0.3) is 0 Å². The number of nitrogens with zero attached hydrogens (tertiary/aromatic N) is 2. The molecule has 0 aliphatic carbocycles. The molecule has 0 radical (unpaired) electrons. The van der Waals surface area contributed by atoms with Crippen LogP contribution in [0.3, 0.4) is 0 Å². The lowest BCUT2D eigenvalue weighted by atomic mass is 10.2. The van der Waals surface area contributed by atoms with E-state index in [1.165, 1.54) is 0 Å². The third-order valence-corrected chi connectivity index (χ3v) is 3.01. The van der Waals surface area contributed by atoms with E-state index in [4.69, 9.17) is 10.00 Å². The third-order valence-electron chi connectivity index (χ3n) is 3.01. The van der Waals surface area contributed by atoms with Crippen molar-refractivity contribution in [2.24, 2.45) is 0 Å². The van der Waals surface area contributed by atoms with Crippen molar-refractivity contribution in [3.05, 3.63) is 63.6 Å². The SMILES string of the molecule is COc1ccc(Cn2c(C)ccc(C#N)c2=O)cc1. The van der Waals surface area contributed by atoms with Gasteiger partial charge in [-0.2, -0.15) is 5.26 Å². The number of aromatic nitrogens is 1. The summed E-state index contributed by atoms with van der Waals surface area (Å²) in [5.74, 6) is 0.776. The number of aryl methyl sites for hydroxylation is 1. The average Bonchev–Trinajstić information content (AvgIpc) is 2.44. The summed E-state index contributed by atoms with van der Waals surface area (Å²) in [5, 5.41) is 8.89. The van der Waals surface area contributed by atoms with Crippen molar-refractivity contribution >= 4 is 0 Å². The summed E-state index contributed by atoms with van der Waals surface area (Å²) in [7, 11) is 1.61. The zero-order valence-electron chi connectivity index (χ0n) is 10.9. The van der Waals surface area contributed by atoms with Gasteiger partial charge in [-0.1, -0.05) is 12.1 Å². The molecule has 1 aromatic heterocycles. The second kappa shape index (κ2) is 5.40. The molecule has 2 rings (SSSR count). The summed E-state index contributed by atoms with van der Waals surface area (Å²) in [4.78, 5) is 12.1. The maximum Gasteiger partial charge on any atom is 0.268 e. The smallest absolute Gasteiger partial charge is 0.268 e. The topological polar surface area (TPSA) is 55.0 Å². The van der Waals surface area contributed by atoms with E-state index in [9.17, 15) is 4.79 Å². The van der Waals surface area contributed by atoms with Gasteiger partial charge in [0, 0.05) is 5.69 Å². The van der Waals surface area contributed by atoms with Gasteiger partial charge < -0.3 is 9.30 Å². The van der Waals surface area contributed by atoms with Crippen LogP contribution in [-0.4, -0.2) is 11.7 Å². The Balaban J connectivity index is 2.38. The number of pyridine rings is 1. The Hall–Kier alpha value is -2.54. The first-order valence-electron chi connectivity index (χ1n) is 5.89. The van der Waals surface area contributed by atoms with Crippen molar-refractivity contribution in [2.45, 2.75) is 13.5 Å². The van der Waals surface area contributed by atoms with Crippen LogP contribution in [0.1, 0.15) is 16.8 Å². The molecule has 0 fully saturated rings. The number of rotatable bonds is 3. The number of hydrogen-bond donors (Lipinski definition) is 0. The minimum atomic E-state index is -0.252. The largest absolute Gasteiger partial charge is 0.497 e. The van der Waals surface area contributed by atoms with E-state index in [1.807, 2.05) is 37.3 Å². The summed E-state index contributed by atoms with van der Waals surface area (Å²) in [6, 6.07) is 12.8. The third kappa shape index (κ3) is 2.66. The molecule has 1 heterocycles. The summed E-state index contributed by atoms with van der Waals surface area (Å²) in [5.41, 5.74) is 1.73. The van der Waals surface area contributed by atoms with Crippen molar-refractivity contribution in [3.8, 4) is 11.8 Å². The van der Waals surface area contributed by atoms with Gasteiger partial charge >= 0.3 is 0 Å². The van der Waals surface area contributed by atoms with Gasteiger partial charge in [0.2, 0.25) is 0 Å². The molecule has 19 heavy (non-hydrogen) atoms. The normalized spacial score (nSPS) is 9.95. The minimum absolute atomic E-state index is 0.166. The summed E-state index contributed by atoms with van der Waals surface area (Å²) in [6.45, 7) is 2.30. The highest BCUT2D eigenvalue weighted by molar-refractivity contribution is 5.30. The van der Waals surface area contributed by atoms with Crippen LogP contribution in [0.2, 0.25) is 0 Å². The van der Waals surface area contributed by atoms with Crippen LogP contribution in [-0.2, 0) is 6.54 Å². The Morgan fingerprint density at radius 2 is 1.89 bits per heavy atom. The lowest BCUT2D eigenvalue weighted by Gasteiger charge is -2.10. The second-order valence-corrected chi connectivity index (χ2v) is 4.24. The molecule has 0 saturated heterocycles. The Kier molecular flexibility index (Phi) is 3.67. The fraction of sp³-hybridized carbons (Fsp3) is 0.200. The lowest BCUT2D eigenvalue weighted by molar-refractivity contribution is 0.414. The van der Waals surface area contributed by atoms with Crippen molar-refractivity contribution in [2.75, 3.05) is 7.11 Å². The Bertz CT molecular complexity index is 679.